The third-order valence-corrected chi connectivity index (χ3v) is 5.03. The third kappa shape index (κ3) is 3.71. The summed E-state index contributed by atoms with van der Waals surface area (Å²) in [4.78, 5) is 2.69. The number of hydrogen-bond acceptors (Lipinski definition) is 3. The SMILES string of the molecule is CC(C)C1CCCN1CC1CCC(CNC2CC2)O1. The first-order chi connectivity index (χ1) is 9.22. The van der Waals surface area contributed by atoms with E-state index < -0.39 is 0 Å². The summed E-state index contributed by atoms with van der Waals surface area (Å²) in [6.45, 7) is 8.26. The van der Waals surface area contributed by atoms with E-state index in [2.05, 4.69) is 24.1 Å². The number of likely N-dealkylation sites (tertiary alicyclic amines) is 1. The van der Waals surface area contributed by atoms with Crippen molar-refractivity contribution in [3.63, 3.8) is 0 Å². The molecule has 0 amide bonds. The minimum absolute atomic E-state index is 0.478. The van der Waals surface area contributed by atoms with E-state index in [1.807, 2.05) is 0 Å². The van der Waals surface area contributed by atoms with Crippen LogP contribution in [-0.4, -0.2) is 48.8 Å². The van der Waals surface area contributed by atoms with E-state index in [-0.39, 0.29) is 0 Å². The first-order valence-corrected chi connectivity index (χ1v) is 8.35. The fraction of sp³-hybridized carbons (Fsp3) is 1.00. The van der Waals surface area contributed by atoms with Crippen LogP contribution in [0.5, 0.6) is 0 Å². The van der Waals surface area contributed by atoms with Gasteiger partial charge in [-0.15, -0.1) is 0 Å². The summed E-state index contributed by atoms with van der Waals surface area (Å²) in [5.41, 5.74) is 0. The molecule has 3 fully saturated rings. The molecule has 0 aromatic rings. The Bertz CT molecular complexity index is 290. The van der Waals surface area contributed by atoms with Gasteiger partial charge in [-0.05, 0) is 51.0 Å². The summed E-state index contributed by atoms with van der Waals surface area (Å²) in [5.74, 6) is 0.788. The van der Waals surface area contributed by atoms with Crippen molar-refractivity contribution in [1.29, 1.82) is 0 Å². The second kappa shape index (κ2) is 6.11. The molecule has 3 unspecified atom stereocenters. The number of nitrogens with zero attached hydrogens (tertiary/aromatic N) is 1. The summed E-state index contributed by atoms with van der Waals surface area (Å²) in [5, 5.41) is 3.60. The zero-order valence-corrected chi connectivity index (χ0v) is 12.6. The van der Waals surface area contributed by atoms with Crippen molar-refractivity contribution in [2.24, 2.45) is 5.92 Å². The van der Waals surface area contributed by atoms with Gasteiger partial charge in [-0.1, -0.05) is 13.8 Å². The highest BCUT2D eigenvalue weighted by molar-refractivity contribution is 4.87. The lowest BCUT2D eigenvalue weighted by Gasteiger charge is -2.29. The van der Waals surface area contributed by atoms with E-state index in [0.717, 1.165) is 24.5 Å². The van der Waals surface area contributed by atoms with E-state index in [1.54, 1.807) is 0 Å². The number of rotatable bonds is 6. The summed E-state index contributed by atoms with van der Waals surface area (Å²) in [6, 6.07) is 1.61. The Morgan fingerprint density at radius 2 is 1.89 bits per heavy atom. The molecule has 1 saturated carbocycles. The molecule has 3 nitrogen and oxygen atoms in total. The van der Waals surface area contributed by atoms with Crippen LogP contribution in [0.15, 0.2) is 0 Å². The largest absolute Gasteiger partial charge is 0.372 e. The molecule has 19 heavy (non-hydrogen) atoms. The van der Waals surface area contributed by atoms with Gasteiger partial charge in [0.25, 0.3) is 0 Å². The van der Waals surface area contributed by atoms with Crippen LogP contribution in [0.3, 0.4) is 0 Å². The molecule has 3 heteroatoms. The first-order valence-electron chi connectivity index (χ1n) is 8.35. The maximum absolute atomic E-state index is 6.23. The molecule has 110 valence electrons. The van der Waals surface area contributed by atoms with E-state index in [0.29, 0.717) is 12.2 Å². The Balaban J connectivity index is 1.40. The topological polar surface area (TPSA) is 24.5 Å². The molecule has 0 spiro atoms. The van der Waals surface area contributed by atoms with Gasteiger partial charge >= 0.3 is 0 Å². The average molecular weight is 266 g/mol. The van der Waals surface area contributed by atoms with Gasteiger partial charge in [0.05, 0.1) is 12.2 Å². The van der Waals surface area contributed by atoms with Crippen molar-refractivity contribution in [2.75, 3.05) is 19.6 Å². The molecule has 1 aliphatic carbocycles. The Hall–Kier alpha value is -0.120. The van der Waals surface area contributed by atoms with Crippen LogP contribution in [0.2, 0.25) is 0 Å². The molecular weight excluding hydrogens is 236 g/mol. The van der Waals surface area contributed by atoms with Crippen molar-refractivity contribution >= 4 is 0 Å². The standard InChI is InChI=1S/C16H30N2O/c1-12(2)16-4-3-9-18(16)11-15-8-7-14(19-15)10-17-13-5-6-13/h12-17H,3-11H2,1-2H3. The third-order valence-electron chi connectivity index (χ3n) is 5.03. The maximum atomic E-state index is 6.23. The Labute approximate surface area is 118 Å². The van der Waals surface area contributed by atoms with Crippen LogP contribution in [0, 0.1) is 5.92 Å². The monoisotopic (exact) mass is 266 g/mol. The molecular formula is C16H30N2O. The lowest BCUT2D eigenvalue weighted by atomic mass is 10.0. The van der Waals surface area contributed by atoms with Gasteiger partial charge in [0.15, 0.2) is 0 Å². The van der Waals surface area contributed by atoms with Gasteiger partial charge < -0.3 is 10.1 Å². The van der Waals surface area contributed by atoms with Crippen molar-refractivity contribution in [3.05, 3.63) is 0 Å². The summed E-state index contributed by atoms with van der Waals surface area (Å²) in [7, 11) is 0. The van der Waals surface area contributed by atoms with E-state index in [9.17, 15) is 0 Å². The number of nitrogens with one attached hydrogen (secondary N) is 1. The minimum Gasteiger partial charge on any atom is -0.372 e. The number of ether oxygens (including phenoxy) is 1. The highest BCUT2D eigenvalue weighted by Crippen LogP contribution is 2.28. The fourth-order valence-electron chi connectivity index (χ4n) is 3.75. The Morgan fingerprint density at radius 1 is 1.11 bits per heavy atom. The van der Waals surface area contributed by atoms with Crippen LogP contribution in [0.4, 0.5) is 0 Å². The lowest BCUT2D eigenvalue weighted by molar-refractivity contribution is 0.0172. The van der Waals surface area contributed by atoms with Crippen LogP contribution >= 0.6 is 0 Å². The lowest BCUT2D eigenvalue weighted by Crippen LogP contribution is -2.39. The molecule has 0 aromatic carbocycles. The molecule has 1 N–H and O–H groups in total. The van der Waals surface area contributed by atoms with Gasteiger partial charge in [-0.3, -0.25) is 4.90 Å². The predicted molar refractivity (Wildman–Crippen MR) is 78.4 cm³/mol. The minimum atomic E-state index is 0.478. The Morgan fingerprint density at radius 3 is 2.63 bits per heavy atom. The molecule has 0 radical (unpaired) electrons. The van der Waals surface area contributed by atoms with Gasteiger partial charge in [0.1, 0.15) is 0 Å². The Kier molecular flexibility index (Phi) is 4.45. The second-order valence-corrected chi connectivity index (χ2v) is 7.09. The zero-order chi connectivity index (χ0) is 13.2. The normalized spacial score (nSPS) is 36.5. The number of hydrogen-bond donors (Lipinski definition) is 1. The zero-order valence-electron chi connectivity index (χ0n) is 12.6. The average Bonchev–Trinajstić information content (AvgIpc) is 2.91. The van der Waals surface area contributed by atoms with Crippen LogP contribution in [-0.2, 0) is 4.74 Å². The van der Waals surface area contributed by atoms with Crippen molar-refractivity contribution in [2.45, 2.75) is 76.7 Å². The molecule has 3 atom stereocenters. The van der Waals surface area contributed by atoms with Gasteiger partial charge in [-0.25, -0.2) is 0 Å². The van der Waals surface area contributed by atoms with E-state index in [4.69, 9.17) is 4.74 Å². The second-order valence-electron chi connectivity index (χ2n) is 7.09. The maximum Gasteiger partial charge on any atom is 0.0707 e. The molecule has 2 aliphatic heterocycles. The predicted octanol–water partition coefficient (Wildman–Crippen LogP) is 2.41. The van der Waals surface area contributed by atoms with Crippen molar-refractivity contribution in [3.8, 4) is 0 Å². The smallest absolute Gasteiger partial charge is 0.0707 e. The van der Waals surface area contributed by atoms with E-state index in [1.165, 1.54) is 51.6 Å². The summed E-state index contributed by atoms with van der Waals surface area (Å²) in [6.07, 6.45) is 9.00. The highest BCUT2D eigenvalue weighted by Gasteiger charge is 2.33. The molecule has 0 aromatic heterocycles. The molecule has 2 saturated heterocycles. The fourth-order valence-corrected chi connectivity index (χ4v) is 3.75. The molecule has 0 bridgehead atoms. The van der Waals surface area contributed by atoms with Crippen molar-refractivity contribution in [1.82, 2.24) is 10.2 Å². The van der Waals surface area contributed by atoms with Crippen LogP contribution in [0.1, 0.15) is 52.4 Å². The highest BCUT2D eigenvalue weighted by atomic mass is 16.5. The van der Waals surface area contributed by atoms with Gasteiger partial charge in [0.2, 0.25) is 0 Å². The molecule has 2 heterocycles. The van der Waals surface area contributed by atoms with Crippen molar-refractivity contribution < 1.29 is 4.74 Å². The van der Waals surface area contributed by atoms with Crippen LogP contribution in [0.25, 0.3) is 0 Å². The summed E-state index contributed by atoms with van der Waals surface area (Å²) >= 11 is 0. The van der Waals surface area contributed by atoms with Crippen LogP contribution < -0.4 is 5.32 Å². The molecule has 3 aliphatic rings. The van der Waals surface area contributed by atoms with Gasteiger partial charge in [-0.2, -0.15) is 0 Å². The molecule has 3 rings (SSSR count). The summed E-state index contributed by atoms with van der Waals surface area (Å²) < 4.78 is 6.23. The quantitative estimate of drug-likeness (QED) is 0.799. The first kappa shape index (κ1) is 13.8. The van der Waals surface area contributed by atoms with Gasteiger partial charge in [0, 0.05) is 25.2 Å². The van der Waals surface area contributed by atoms with E-state index >= 15 is 0 Å².